The van der Waals surface area contributed by atoms with Gasteiger partial charge in [-0.1, -0.05) is 58.0 Å². The summed E-state index contributed by atoms with van der Waals surface area (Å²) in [6.45, 7) is 3.43. The van der Waals surface area contributed by atoms with E-state index in [1.165, 1.54) is 0 Å². The first-order chi connectivity index (χ1) is 12.2. The maximum Gasteiger partial charge on any atom is 0.254 e. The first-order valence-corrected chi connectivity index (χ1v) is 11.2. The largest absolute Gasteiger partial charge is 0.336 e. The van der Waals surface area contributed by atoms with Crippen molar-refractivity contribution in [2.75, 3.05) is 37.7 Å². The highest BCUT2D eigenvalue weighted by molar-refractivity contribution is 8.76. The fourth-order valence-corrected chi connectivity index (χ4v) is 6.19. The van der Waals surface area contributed by atoms with Crippen molar-refractivity contribution in [3.8, 4) is 0 Å². The maximum atomic E-state index is 13.2. The molecule has 2 aromatic carbocycles. The second-order valence-electron chi connectivity index (χ2n) is 6.76. The van der Waals surface area contributed by atoms with Gasteiger partial charge < -0.3 is 10.6 Å². The minimum atomic E-state index is 0.153. The van der Waals surface area contributed by atoms with Crippen LogP contribution in [0, 0.1) is 0 Å². The number of hydrogen-bond acceptors (Lipinski definition) is 5. The van der Waals surface area contributed by atoms with Crippen molar-refractivity contribution >= 4 is 38.3 Å². The van der Waals surface area contributed by atoms with E-state index in [1.54, 1.807) is 0 Å². The van der Waals surface area contributed by atoms with E-state index in [2.05, 4.69) is 17.0 Å². The molecule has 1 amide bonds. The first-order valence-electron chi connectivity index (χ1n) is 8.73. The standard InChI is InChI=1S/C19H23N3OS2/c20-15-10-21-8-9-22(11-16(21)13-25-24-12-15)19(23)18-7-3-5-14-4-1-2-6-17(14)18/h1-7,15-16H,8-13,20H2/t15-,16+/m0/s1. The number of hydrogen-bond donors (Lipinski definition) is 1. The Bertz CT molecular complexity index is 764. The number of piperazine rings is 1. The highest BCUT2D eigenvalue weighted by atomic mass is 33.1. The lowest BCUT2D eigenvalue weighted by Gasteiger charge is -2.43. The molecule has 2 atom stereocenters. The molecular weight excluding hydrogens is 350 g/mol. The van der Waals surface area contributed by atoms with E-state index < -0.39 is 0 Å². The molecule has 4 nitrogen and oxygen atoms in total. The van der Waals surface area contributed by atoms with Gasteiger partial charge >= 0.3 is 0 Å². The summed E-state index contributed by atoms with van der Waals surface area (Å²) in [7, 11) is 3.75. The van der Waals surface area contributed by atoms with Crippen LogP contribution >= 0.6 is 21.6 Å². The lowest BCUT2D eigenvalue weighted by atomic mass is 10.0. The molecule has 2 aliphatic heterocycles. The van der Waals surface area contributed by atoms with Crippen LogP contribution in [0.15, 0.2) is 42.5 Å². The van der Waals surface area contributed by atoms with Gasteiger partial charge in [-0.2, -0.15) is 0 Å². The van der Waals surface area contributed by atoms with Crippen LogP contribution in [0.3, 0.4) is 0 Å². The average molecular weight is 374 g/mol. The van der Waals surface area contributed by atoms with Gasteiger partial charge in [0.15, 0.2) is 0 Å². The van der Waals surface area contributed by atoms with Gasteiger partial charge in [0.05, 0.1) is 0 Å². The Labute approximate surface area is 156 Å². The lowest BCUT2D eigenvalue weighted by Crippen LogP contribution is -2.58. The summed E-state index contributed by atoms with van der Waals surface area (Å²) in [5, 5.41) is 2.16. The molecule has 0 unspecified atom stereocenters. The number of fused-ring (bicyclic) bond motifs is 2. The normalized spacial score (nSPS) is 25.2. The monoisotopic (exact) mass is 373 g/mol. The molecule has 0 radical (unpaired) electrons. The molecule has 25 heavy (non-hydrogen) atoms. The smallest absolute Gasteiger partial charge is 0.254 e. The van der Waals surface area contributed by atoms with Crippen molar-refractivity contribution < 1.29 is 4.79 Å². The molecule has 0 saturated carbocycles. The Hall–Kier alpha value is -1.21. The minimum Gasteiger partial charge on any atom is -0.336 e. The number of benzene rings is 2. The zero-order valence-electron chi connectivity index (χ0n) is 14.1. The number of carbonyl (C=O) groups excluding carboxylic acids is 1. The van der Waals surface area contributed by atoms with E-state index in [-0.39, 0.29) is 11.9 Å². The van der Waals surface area contributed by atoms with E-state index in [4.69, 9.17) is 5.73 Å². The van der Waals surface area contributed by atoms with Crippen LogP contribution in [0.5, 0.6) is 0 Å². The SMILES string of the molecule is N[C@@H]1CSSC[C@H]2CN(C(=O)c3cccc4ccccc34)CCN2C1. The molecular formula is C19H23N3OS2. The number of nitrogens with two attached hydrogens (primary N) is 1. The summed E-state index contributed by atoms with van der Waals surface area (Å²) >= 11 is 0. The third kappa shape index (κ3) is 3.67. The summed E-state index contributed by atoms with van der Waals surface area (Å²) in [6, 6.07) is 14.7. The fourth-order valence-electron chi connectivity index (χ4n) is 3.67. The Balaban J connectivity index is 1.55. The lowest BCUT2D eigenvalue weighted by molar-refractivity contribution is 0.0515. The van der Waals surface area contributed by atoms with E-state index in [1.807, 2.05) is 56.8 Å². The molecule has 0 aromatic heterocycles. The average Bonchev–Trinajstić information content (AvgIpc) is 2.63. The summed E-state index contributed by atoms with van der Waals surface area (Å²) < 4.78 is 0. The van der Waals surface area contributed by atoms with E-state index in [0.29, 0.717) is 6.04 Å². The number of rotatable bonds is 1. The van der Waals surface area contributed by atoms with Gasteiger partial charge in [-0.15, -0.1) is 0 Å². The molecule has 0 bridgehead atoms. The van der Waals surface area contributed by atoms with Crippen LogP contribution in [-0.4, -0.2) is 65.5 Å². The molecule has 2 fully saturated rings. The molecule has 2 heterocycles. The van der Waals surface area contributed by atoms with Crippen molar-refractivity contribution in [2.45, 2.75) is 12.1 Å². The maximum absolute atomic E-state index is 13.2. The number of amides is 1. The summed E-state index contributed by atoms with van der Waals surface area (Å²) in [5.74, 6) is 2.21. The highest BCUT2D eigenvalue weighted by Gasteiger charge is 2.32. The molecule has 2 saturated heterocycles. The molecule has 2 aliphatic rings. The predicted octanol–water partition coefficient (Wildman–Crippen LogP) is 2.69. The van der Waals surface area contributed by atoms with Crippen molar-refractivity contribution in [3.05, 3.63) is 48.0 Å². The van der Waals surface area contributed by atoms with Gasteiger partial charge in [0, 0.05) is 55.3 Å². The van der Waals surface area contributed by atoms with Crippen LogP contribution in [0.1, 0.15) is 10.4 Å². The predicted molar refractivity (Wildman–Crippen MR) is 108 cm³/mol. The first kappa shape index (κ1) is 17.2. The Morgan fingerprint density at radius 1 is 1.00 bits per heavy atom. The summed E-state index contributed by atoms with van der Waals surface area (Å²) in [6.07, 6.45) is 0. The van der Waals surface area contributed by atoms with Gasteiger partial charge in [-0.3, -0.25) is 9.69 Å². The van der Waals surface area contributed by atoms with Gasteiger partial charge in [-0.25, -0.2) is 0 Å². The Morgan fingerprint density at radius 3 is 2.72 bits per heavy atom. The molecule has 0 spiro atoms. The van der Waals surface area contributed by atoms with Gasteiger partial charge in [0.2, 0.25) is 0 Å². The number of nitrogens with zero attached hydrogens (tertiary/aromatic N) is 2. The van der Waals surface area contributed by atoms with Crippen LogP contribution in [0.4, 0.5) is 0 Å². The van der Waals surface area contributed by atoms with Crippen LogP contribution in [0.2, 0.25) is 0 Å². The Kier molecular flexibility index (Phi) is 5.22. The topological polar surface area (TPSA) is 49.6 Å². The fraction of sp³-hybridized carbons (Fsp3) is 0.421. The van der Waals surface area contributed by atoms with Crippen LogP contribution in [0.25, 0.3) is 10.8 Å². The van der Waals surface area contributed by atoms with Crippen molar-refractivity contribution in [2.24, 2.45) is 5.73 Å². The van der Waals surface area contributed by atoms with Crippen LogP contribution in [-0.2, 0) is 0 Å². The second-order valence-corrected chi connectivity index (χ2v) is 9.31. The zero-order valence-corrected chi connectivity index (χ0v) is 15.8. The molecule has 132 valence electrons. The summed E-state index contributed by atoms with van der Waals surface area (Å²) in [5.41, 5.74) is 7.02. The van der Waals surface area contributed by atoms with Crippen molar-refractivity contribution in [1.29, 1.82) is 0 Å². The quantitative estimate of drug-likeness (QED) is 0.779. The molecule has 2 N–H and O–H groups in total. The van der Waals surface area contributed by atoms with Gasteiger partial charge in [-0.05, 0) is 16.8 Å². The summed E-state index contributed by atoms with van der Waals surface area (Å²) in [4.78, 5) is 17.7. The van der Waals surface area contributed by atoms with Gasteiger partial charge in [0.1, 0.15) is 0 Å². The number of carbonyl (C=O) groups is 1. The van der Waals surface area contributed by atoms with E-state index >= 15 is 0 Å². The third-order valence-corrected chi connectivity index (χ3v) is 7.58. The van der Waals surface area contributed by atoms with Crippen molar-refractivity contribution in [3.63, 3.8) is 0 Å². The zero-order chi connectivity index (χ0) is 17.2. The third-order valence-electron chi connectivity index (χ3n) is 5.01. The van der Waals surface area contributed by atoms with Gasteiger partial charge in [0.25, 0.3) is 5.91 Å². The molecule has 2 aromatic rings. The van der Waals surface area contributed by atoms with E-state index in [0.717, 1.165) is 54.0 Å². The minimum absolute atomic E-state index is 0.153. The van der Waals surface area contributed by atoms with E-state index in [9.17, 15) is 4.79 Å². The molecule has 4 rings (SSSR count). The molecule has 0 aliphatic carbocycles. The van der Waals surface area contributed by atoms with Crippen LogP contribution < -0.4 is 5.73 Å². The molecule has 6 heteroatoms. The van der Waals surface area contributed by atoms with Crippen molar-refractivity contribution in [1.82, 2.24) is 9.80 Å². The highest BCUT2D eigenvalue weighted by Crippen LogP contribution is 2.29. The Morgan fingerprint density at radius 2 is 1.80 bits per heavy atom. The second kappa shape index (κ2) is 7.58.